The van der Waals surface area contributed by atoms with Crippen LogP contribution in [0.15, 0.2) is 12.3 Å². The third-order valence-electron chi connectivity index (χ3n) is 3.25. The van der Waals surface area contributed by atoms with Gasteiger partial charge in [0, 0.05) is 46.0 Å². The first-order valence-electron chi connectivity index (χ1n) is 6.74. The Morgan fingerprint density at radius 1 is 1.40 bits per heavy atom. The Kier molecular flexibility index (Phi) is 5.25. The Hall–Kier alpha value is -1.73. The van der Waals surface area contributed by atoms with Crippen LogP contribution in [0.2, 0.25) is 0 Å². The van der Waals surface area contributed by atoms with Crippen molar-refractivity contribution >= 4 is 11.9 Å². The average molecular weight is 279 g/mol. The van der Waals surface area contributed by atoms with Gasteiger partial charge in [0.05, 0.1) is 6.61 Å². The van der Waals surface area contributed by atoms with E-state index in [9.17, 15) is 4.79 Å². The quantitative estimate of drug-likeness (QED) is 0.760. The zero-order valence-corrected chi connectivity index (χ0v) is 12.0. The van der Waals surface area contributed by atoms with Gasteiger partial charge >= 0.3 is 0 Å². The van der Waals surface area contributed by atoms with Crippen molar-refractivity contribution in [2.24, 2.45) is 0 Å². The molecule has 1 N–H and O–H groups in total. The number of piperazine rings is 1. The number of aromatic nitrogens is 2. The largest absolute Gasteiger partial charge is 0.383 e. The number of hydrogen-bond donors (Lipinski definition) is 1. The number of likely N-dealkylation sites (N-methyl/N-ethyl adjacent to an activating group) is 1. The monoisotopic (exact) mass is 279 g/mol. The smallest absolute Gasteiger partial charge is 0.272 e. The summed E-state index contributed by atoms with van der Waals surface area (Å²) in [5, 5.41) is 3.02. The molecule has 1 saturated heterocycles. The molecule has 0 unspecified atom stereocenters. The number of nitrogens with one attached hydrogen (secondary N) is 1. The fourth-order valence-electron chi connectivity index (χ4n) is 2.00. The molecule has 0 saturated carbocycles. The predicted molar refractivity (Wildman–Crippen MR) is 75.8 cm³/mol. The highest BCUT2D eigenvalue weighted by Crippen LogP contribution is 2.07. The topological polar surface area (TPSA) is 70.6 Å². The second-order valence-electron chi connectivity index (χ2n) is 4.78. The van der Waals surface area contributed by atoms with Gasteiger partial charge in [-0.3, -0.25) is 4.79 Å². The van der Waals surface area contributed by atoms with Crippen molar-refractivity contribution in [3.63, 3.8) is 0 Å². The molecule has 1 fully saturated rings. The predicted octanol–water partition coefficient (Wildman–Crippen LogP) is -0.0775. The zero-order chi connectivity index (χ0) is 14.4. The van der Waals surface area contributed by atoms with E-state index in [0.29, 0.717) is 24.8 Å². The molecule has 110 valence electrons. The molecule has 0 bridgehead atoms. The Labute approximate surface area is 118 Å². The summed E-state index contributed by atoms with van der Waals surface area (Å²) in [5.74, 6) is 0.428. The van der Waals surface area contributed by atoms with Crippen molar-refractivity contribution in [1.29, 1.82) is 0 Å². The van der Waals surface area contributed by atoms with E-state index < -0.39 is 0 Å². The van der Waals surface area contributed by atoms with Gasteiger partial charge in [0.25, 0.3) is 5.91 Å². The van der Waals surface area contributed by atoms with Crippen molar-refractivity contribution in [2.45, 2.75) is 0 Å². The van der Waals surface area contributed by atoms with E-state index in [1.165, 1.54) is 0 Å². The molecule has 1 aliphatic rings. The Balaban J connectivity index is 1.97. The minimum Gasteiger partial charge on any atom is -0.383 e. The number of hydrogen-bond acceptors (Lipinski definition) is 6. The molecule has 1 aromatic heterocycles. The summed E-state index contributed by atoms with van der Waals surface area (Å²) in [5.41, 5.74) is 0.435. The first kappa shape index (κ1) is 14.7. The SMILES string of the molecule is COCCNc1nccc(C(=O)N2CCN(C)CC2)n1. The second kappa shape index (κ2) is 7.16. The van der Waals surface area contributed by atoms with Gasteiger partial charge in [0.1, 0.15) is 5.69 Å². The van der Waals surface area contributed by atoms with Gasteiger partial charge in [0.2, 0.25) is 5.95 Å². The van der Waals surface area contributed by atoms with Gasteiger partial charge in [-0.1, -0.05) is 0 Å². The minimum absolute atomic E-state index is 0.0321. The van der Waals surface area contributed by atoms with Gasteiger partial charge in [0.15, 0.2) is 0 Å². The van der Waals surface area contributed by atoms with Gasteiger partial charge in [-0.05, 0) is 13.1 Å². The highest BCUT2D eigenvalue weighted by Gasteiger charge is 2.21. The van der Waals surface area contributed by atoms with Crippen LogP contribution in [0.25, 0.3) is 0 Å². The molecule has 2 rings (SSSR count). The van der Waals surface area contributed by atoms with Crippen LogP contribution in [-0.2, 0) is 4.74 Å². The highest BCUT2D eigenvalue weighted by molar-refractivity contribution is 5.92. The highest BCUT2D eigenvalue weighted by atomic mass is 16.5. The van der Waals surface area contributed by atoms with Crippen molar-refractivity contribution < 1.29 is 9.53 Å². The molecular weight excluding hydrogens is 258 g/mol. The van der Waals surface area contributed by atoms with Crippen molar-refractivity contribution in [2.75, 3.05) is 58.8 Å². The zero-order valence-electron chi connectivity index (χ0n) is 12.0. The van der Waals surface area contributed by atoms with Crippen molar-refractivity contribution in [1.82, 2.24) is 19.8 Å². The Morgan fingerprint density at radius 2 is 2.15 bits per heavy atom. The van der Waals surface area contributed by atoms with Crippen LogP contribution in [0, 0.1) is 0 Å². The van der Waals surface area contributed by atoms with Crippen molar-refractivity contribution in [3.8, 4) is 0 Å². The fourth-order valence-corrected chi connectivity index (χ4v) is 2.00. The molecule has 20 heavy (non-hydrogen) atoms. The number of nitrogens with zero attached hydrogens (tertiary/aromatic N) is 4. The van der Waals surface area contributed by atoms with Crippen LogP contribution in [0.1, 0.15) is 10.5 Å². The van der Waals surface area contributed by atoms with Crippen molar-refractivity contribution in [3.05, 3.63) is 18.0 Å². The molecule has 0 aromatic carbocycles. The molecule has 2 heterocycles. The first-order valence-corrected chi connectivity index (χ1v) is 6.74. The molecule has 1 aromatic rings. The van der Waals surface area contributed by atoms with E-state index in [4.69, 9.17) is 4.74 Å². The number of rotatable bonds is 5. The molecule has 7 heteroatoms. The van der Waals surface area contributed by atoms with Gasteiger partial charge in [-0.2, -0.15) is 0 Å². The lowest BCUT2D eigenvalue weighted by molar-refractivity contribution is 0.0658. The normalized spacial score (nSPS) is 16.2. The first-order chi connectivity index (χ1) is 9.70. The maximum atomic E-state index is 12.4. The lowest BCUT2D eigenvalue weighted by atomic mass is 10.3. The number of carbonyl (C=O) groups is 1. The number of ether oxygens (including phenoxy) is 1. The molecule has 7 nitrogen and oxygen atoms in total. The van der Waals surface area contributed by atoms with Crippen LogP contribution in [0.5, 0.6) is 0 Å². The maximum absolute atomic E-state index is 12.4. The van der Waals surface area contributed by atoms with E-state index in [1.807, 2.05) is 4.90 Å². The molecule has 0 atom stereocenters. The number of methoxy groups -OCH3 is 1. The van der Waals surface area contributed by atoms with E-state index >= 15 is 0 Å². The summed E-state index contributed by atoms with van der Waals surface area (Å²) < 4.78 is 4.95. The van der Waals surface area contributed by atoms with Gasteiger partial charge in [-0.15, -0.1) is 0 Å². The molecule has 0 spiro atoms. The maximum Gasteiger partial charge on any atom is 0.272 e. The summed E-state index contributed by atoms with van der Waals surface area (Å²) in [6.45, 7) is 4.46. The van der Waals surface area contributed by atoms with Crippen LogP contribution in [0.4, 0.5) is 5.95 Å². The number of amides is 1. The molecular formula is C13H21N5O2. The fraction of sp³-hybridized carbons (Fsp3) is 0.615. The van der Waals surface area contributed by atoms with E-state index in [2.05, 4.69) is 27.2 Å². The molecule has 0 radical (unpaired) electrons. The third kappa shape index (κ3) is 3.88. The van der Waals surface area contributed by atoms with E-state index in [0.717, 1.165) is 26.2 Å². The van der Waals surface area contributed by atoms with Crippen LogP contribution >= 0.6 is 0 Å². The summed E-state index contributed by atoms with van der Waals surface area (Å²) >= 11 is 0. The van der Waals surface area contributed by atoms with Gasteiger partial charge in [-0.25, -0.2) is 9.97 Å². The van der Waals surface area contributed by atoms with Gasteiger partial charge < -0.3 is 19.9 Å². The lowest BCUT2D eigenvalue weighted by Crippen LogP contribution is -2.47. The molecule has 1 amide bonds. The minimum atomic E-state index is -0.0321. The molecule has 0 aliphatic carbocycles. The summed E-state index contributed by atoms with van der Waals surface area (Å²) in [7, 11) is 3.69. The summed E-state index contributed by atoms with van der Waals surface area (Å²) in [4.78, 5) is 24.7. The summed E-state index contributed by atoms with van der Waals surface area (Å²) in [6.07, 6.45) is 1.60. The second-order valence-corrected chi connectivity index (χ2v) is 4.78. The van der Waals surface area contributed by atoms with E-state index in [-0.39, 0.29) is 5.91 Å². The Morgan fingerprint density at radius 3 is 2.85 bits per heavy atom. The standard InChI is InChI=1S/C13H21N5O2/c1-17-6-8-18(9-7-17)12(19)11-3-4-14-13(16-11)15-5-10-20-2/h3-4H,5-10H2,1-2H3,(H,14,15,16). The van der Waals surface area contributed by atoms with Crippen LogP contribution < -0.4 is 5.32 Å². The summed E-state index contributed by atoms with van der Waals surface area (Å²) in [6, 6.07) is 1.65. The van der Waals surface area contributed by atoms with Crippen LogP contribution in [0.3, 0.4) is 0 Å². The third-order valence-corrected chi connectivity index (χ3v) is 3.25. The van der Waals surface area contributed by atoms with E-state index in [1.54, 1.807) is 19.4 Å². The molecule has 1 aliphatic heterocycles. The lowest BCUT2D eigenvalue weighted by Gasteiger charge is -2.32. The average Bonchev–Trinajstić information content (AvgIpc) is 2.48. The number of carbonyl (C=O) groups excluding carboxylic acids is 1. The Bertz CT molecular complexity index is 446. The number of anilines is 1. The van der Waals surface area contributed by atoms with Crippen LogP contribution in [-0.4, -0.2) is 79.2 Å².